The van der Waals surface area contributed by atoms with Gasteiger partial charge in [0.25, 0.3) is 5.91 Å². The Hall–Kier alpha value is -3.12. The quantitative estimate of drug-likeness (QED) is 0.679. The van der Waals surface area contributed by atoms with E-state index in [1.54, 1.807) is 22.6 Å². The van der Waals surface area contributed by atoms with Crippen molar-refractivity contribution < 1.29 is 9.90 Å². The molecule has 1 aliphatic heterocycles. The molecule has 156 valence electrons. The molecule has 0 saturated carbocycles. The molecule has 6 nitrogen and oxygen atoms in total. The van der Waals surface area contributed by atoms with Crippen molar-refractivity contribution in [3.05, 3.63) is 70.9 Å². The summed E-state index contributed by atoms with van der Waals surface area (Å²) >= 11 is 0. The number of fused-ring (bicyclic) bond motifs is 1. The third kappa shape index (κ3) is 2.99. The van der Waals surface area contributed by atoms with Gasteiger partial charge in [0.05, 0.1) is 22.6 Å². The normalized spacial score (nSPS) is 18.3. The Morgan fingerprint density at radius 3 is 2.43 bits per heavy atom. The van der Waals surface area contributed by atoms with Crippen molar-refractivity contribution in [1.82, 2.24) is 9.78 Å². The Morgan fingerprint density at radius 1 is 1.10 bits per heavy atom. The van der Waals surface area contributed by atoms with Crippen LogP contribution in [-0.4, -0.2) is 27.3 Å². The zero-order valence-electron chi connectivity index (χ0n) is 17.9. The molecular formula is C24H28N4O2. The monoisotopic (exact) mass is 404 g/mol. The average molecular weight is 405 g/mol. The largest absolute Gasteiger partial charge is 0.383 e. The van der Waals surface area contributed by atoms with E-state index in [4.69, 9.17) is 5.73 Å². The van der Waals surface area contributed by atoms with Crippen molar-refractivity contribution in [1.29, 1.82) is 0 Å². The van der Waals surface area contributed by atoms with Crippen molar-refractivity contribution in [2.45, 2.75) is 39.7 Å². The lowest BCUT2D eigenvalue weighted by Gasteiger charge is -2.24. The summed E-state index contributed by atoms with van der Waals surface area (Å²) < 4.78 is 1.59. The van der Waals surface area contributed by atoms with Crippen molar-refractivity contribution >= 4 is 17.4 Å². The number of carbonyl (C=O) groups is 1. The summed E-state index contributed by atoms with van der Waals surface area (Å²) in [5.41, 5.74) is 8.72. The lowest BCUT2D eigenvalue weighted by molar-refractivity contribution is -0.132. The lowest BCUT2D eigenvalue weighted by Crippen LogP contribution is -2.42. The van der Waals surface area contributed by atoms with Crippen LogP contribution in [0.4, 0.5) is 11.5 Å². The Kier molecular flexibility index (Phi) is 4.90. The maximum atomic E-state index is 13.6. The molecule has 0 radical (unpaired) electrons. The first-order chi connectivity index (χ1) is 14.2. The molecule has 1 aromatic heterocycles. The van der Waals surface area contributed by atoms with Crippen molar-refractivity contribution in [3.63, 3.8) is 0 Å². The predicted octanol–water partition coefficient (Wildman–Crippen LogP) is 3.70. The Labute approximate surface area is 176 Å². The molecule has 2 aromatic carbocycles. The fourth-order valence-electron chi connectivity index (χ4n) is 4.16. The number of nitrogens with two attached hydrogens (primary N) is 1. The molecule has 0 aliphatic carbocycles. The standard InChI is InChI=1S/C24H28N4O2/c1-15(2)13-14-27-20-8-6-5-7-19(20)24(30,23(27)29)21-17(4)26-28(22(21)25)18-11-9-16(3)10-12-18/h5-12,15,30H,13-14,25H2,1-4H3/t24-/m1/s1. The van der Waals surface area contributed by atoms with E-state index in [0.29, 0.717) is 29.3 Å². The van der Waals surface area contributed by atoms with Gasteiger partial charge in [-0.25, -0.2) is 4.68 Å². The Morgan fingerprint density at radius 2 is 1.77 bits per heavy atom. The van der Waals surface area contributed by atoms with Gasteiger partial charge >= 0.3 is 0 Å². The van der Waals surface area contributed by atoms with Gasteiger partial charge in [0.1, 0.15) is 5.82 Å². The molecule has 30 heavy (non-hydrogen) atoms. The number of rotatable bonds is 5. The molecule has 0 saturated heterocycles. The van der Waals surface area contributed by atoms with Gasteiger partial charge in [-0.15, -0.1) is 0 Å². The minimum atomic E-state index is -1.86. The number of aryl methyl sites for hydroxylation is 2. The lowest BCUT2D eigenvalue weighted by atomic mass is 9.87. The molecule has 0 bridgehead atoms. The van der Waals surface area contributed by atoms with Gasteiger partial charge in [-0.1, -0.05) is 49.7 Å². The molecule has 0 spiro atoms. The van der Waals surface area contributed by atoms with Gasteiger partial charge in [0.2, 0.25) is 5.60 Å². The van der Waals surface area contributed by atoms with Crippen LogP contribution < -0.4 is 10.6 Å². The average Bonchev–Trinajstić information content (AvgIpc) is 3.13. The van der Waals surface area contributed by atoms with E-state index >= 15 is 0 Å². The summed E-state index contributed by atoms with van der Waals surface area (Å²) in [5, 5.41) is 16.4. The molecule has 1 amide bonds. The van der Waals surface area contributed by atoms with Crippen molar-refractivity contribution in [2.24, 2.45) is 5.92 Å². The van der Waals surface area contributed by atoms with Crippen molar-refractivity contribution in [3.8, 4) is 5.69 Å². The van der Waals surface area contributed by atoms with Crippen LogP contribution in [0.2, 0.25) is 0 Å². The molecular weight excluding hydrogens is 376 g/mol. The van der Waals surface area contributed by atoms with Crippen LogP contribution in [0.15, 0.2) is 48.5 Å². The fourth-order valence-corrected chi connectivity index (χ4v) is 4.16. The maximum Gasteiger partial charge on any atom is 0.268 e. The molecule has 6 heteroatoms. The number of aromatic nitrogens is 2. The van der Waals surface area contributed by atoms with Gasteiger partial charge in [-0.3, -0.25) is 4.79 Å². The molecule has 4 rings (SSSR count). The molecule has 1 atom stereocenters. The van der Waals surface area contributed by atoms with E-state index in [1.807, 2.05) is 49.4 Å². The number of hydrogen-bond acceptors (Lipinski definition) is 4. The second-order valence-electron chi connectivity index (χ2n) is 8.46. The molecule has 3 aromatic rings. The highest BCUT2D eigenvalue weighted by Crippen LogP contribution is 2.47. The smallest absolute Gasteiger partial charge is 0.268 e. The summed E-state index contributed by atoms with van der Waals surface area (Å²) in [6.07, 6.45) is 0.841. The van der Waals surface area contributed by atoms with E-state index in [0.717, 1.165) is 23.4 Å². The van der Waals surface area contributed by atoms with Crippen LogP contribution in [0, 0.1) is 19.8 Å². The number of carbonyl (C=O) groups excluding carboxylic acids is 1. The van der Waals surface area contributed by atoms with Gasteiger partial charge in [0, 0.05) is 12.1 Å². The molecule has 1 aliphatic rings. The zero-order valence-corrected chi connectivity index (χ0v) is 17.9. The highest BCUT2D eigenvalue weighted by atomic mass is 16.3. The van der Waals surface area contributed by atoms with Crippen LogP contribution in [0.5, 0.6) is 0 Å². The number of anilines is 2. The van der Waals surface area contributed by atoms with Gasteiger partial charge < -0.3 is 15.7 Å². The minimum absolute atomic E-state index is 0.271. The fraction of sp³-hybridized carbons (Fsp3) is 0.333. The number of nitrogen functional groups attached to an aromatic ring is 1. The summed E-state index contributed by atoms with van der Waals surface area (Å²) in [4.78, 5) is 15.3. The zero-order chi connectivity index (χ0) is 21.6. The van der Waals surface area contributed by atoms with E-state index in [2.05, 4.69) is 18.9 Å². The first-order valence-electron chi connectivity index (χ1n) is 10.3. The molecule has 0 unspecified atom stereocenters. The third-order valence-corrected chi connectivity index (χ3v) is 5.81. The van der Waals surface area contributed by atoms with E-state index in [1.165, 1.54) is 0 Å². The highest BCUT2D eigenvalue weighted by Gasteiger charge is 2.53. The second kappa shape index (κ2) is 7.29. The van der Waals surface area contributed by atoms with Crippen LogP contribution in [0.1, 0.15) is 42.7 Å². The van der Waals surface area contributed by atoms with E-state index in [9.17, 15) is 9.90 Å². The van der Waals surface area contributed by atoms with Crippen LogP contribution >= 0.6 is 0 Å². The Bertz CT molecular complexity index is 1100. The SMILES string of the molecule is Cc1ccc(-n2nc(C)c([C@@]3(O)C(=O)N(CCC(C)C)c4ccccc43)c2N)cc1. The number of benzene rings is 2. The van der Waals surface area contributed by atoms with Gasteiger partial charge in [-0.05, 0) is 44.4 Å². The minimum Gasteiger partial charge on any atom is -0.383 e. The summed E-state index contributed by atoms with van der Waals surface area (Å²) in [6, 6.07) is 15.2. The van der Waals surface area contributed by atoms with Gasteiger partial charge in [-0.2, -0.15) is 5.10 Å². The van der Waals surface area contributed by atoms with E-state index in [-0.39, 0.29) is 11.7 Å². The third-order valence-electron chi connectivity index (χ3n) is 5.81. The topological polar surface area (TPSA) is 84.4 Å². The maximum absolute atomic E-state index is 13.6. The predicted molar refractivity (Wildman–Crippen MR) is 119 cm³/mol. The number of aliphatic hydroxyl groups is 1. The van der Waals surface area contributed by atoms with Crippen molar-refractivity contribution in [2.75, 3.05) is 17.2 Å². The van der Waals surface area contributed by atoms with E-state index < -0.39 is 5.60 Å². The molecule has 0 fully saturated rings. The number of nitrogens with zero attached hydrogens (tertiary/aromatic N) is 3. The first kappa shape index (κ1) is 20.2. The number of amides is 1. The summed E-state index contributed by atoms with van der Waals surface area (Å²) in [7, 11) is 0. The Balaban J connectivity index is 1.85. The van der Waals surface area contributed by atoms with Crippen LogP contribution in [0.3, 0.4) is 0 Å². The summed E-state index contributed by atoms with van der Waals surface area (Å²) in [6.45, 7) is 8.57. The first-order valence-corrected chi connectivity index (χ1v) is 10.3. The number of hydrogen-bond donors (Lipinski definition) is 2. The number of para-hydroxylation sites is 1. The second-order valence-corrected chi connectivity index (χ2v) is 8.46. The van der Waals surface area contributed by atoms with Gasteiger partial charge in [0.15, 0.2) is 0 Å². The summed E-state index contributed by atoms with van der Waals surface area (Å²) in [5.74, 6) is 0.338. The van der Waals surface area contributed by atoms with Crippen LogP contribution in [0.25, 0.3) is 5.69 Å². The van der Waals surface area contributed by atoms with Crippen LogP contribution in [-0.2, 0) is 10.4 Å². The molecule has 3 N–H and O–H groups in total. The highest BCUT2D eigenvalue weighted by molar-refractivity contribution is 6.09. The molecule has 2 heterocycles.